The fourth-order valence-electron chi connectivity index (χ4n) is 3.45. The average molecular weight is 319 g/mol. The van der Waals surface area contributed by atoms with Gasteiger partial charge in [0.05, 0.1) is 0 Å². The van der Waals surface area contributed by atoms with Gasteiger partial charge in [-0.25, -0.2) is 0 Å². The fraction of sp³-hybridized carbons (Fsp3) is 0.250. The van der Waals surface area contributed by atoms with Crippen molar-refractivity contribution in [2.45, 2.75) is 19.0 Å². The molecule has 3 aromatic rings. The van der Waals surface area contributed by atoms with Gasteiger partial charge in [0.2, 0.25) is 0 Å². The van der Waals surface area contributed by atoms with Crippen molar-refractivity contribution in [1.29, 1.82) is 0 Å². The van der Waals surface area contributed by atoms with Gasteiger partial charge in [0.1, 0.15) is 0 Å². The van der Waals surface area contributed by atoms with Crippen molar-refractivity contribution in [2.24, 2.45) is 0 Å². The van der Waals surface area contributed by atoms with E-state index < -0.39 is 0 Å². The lowest BCUT2D eigenvalue weighted by Crippen LogP contribution is -2.25. The number of rotatable bonds is 4. The molecule has 4 heteroatoms. The SMILES string of the molecule is O=c1[nH]ccc2cc(N[C@@H]3CCN(Cc4ccccc4)C3)ccc12. The lowest BCUT2D eigenvalue weighted by Gasteiger charge is -2.17. The Hall–Kier alpha value is -2.59. The van der Waals surface area contributed by atoms with Gasteiger partial charge in [-0.15, -0.1) is 0 Å². The second kappa shape index (κ2) is 6.49. The summed E-state index contributed by atoms with van der Waals surface area (Å²) in [5.74, 6) is 0. The molecular formula is C20H21N3O. The maximum absolute atomic E-state index is 11.8. The summed E-state index contributed by atoms with van der Waals surface area (Å²) >= 11 is 0. The molecule has 1 aliphatic heterocycles. The van der Waals surface area contributed by atoms with E-state index in [4.69, 9.17) is 0 Å². The van der Waals surface area contributed by atoms with Crippen LogP contribution in [0.15, 0.2) is 65.6 Å². The molecule has 24 heavy (non-hydrogen) atoms. The summed E-state index contributed by atoms with van der Waals surface area (Å²) in [6.45, 7) is 3.16. The van der Waals surface area contributed by atoms with E-state index in [1.54, 1.807) is 6.20 Å². The van der Waals surface area contributed by atoms with Gasteiger partial charge in [0, 0.05) is 42.9 Å². The number of pyridine rings is 1. The smallest absolute Gasteiger partial charge is 0.255 e. The van der Waals surface area contributed by atoms with Crippen LogP contribution in [0.1, 0.15) is 12.0 Å². The maximum Gasteiger partial charge on any atom is 0.255 e. The first-order chi connectivity index (χ1) is 11.8. The number of nitrogens with zero attached hydrogens (tertiary/aromatic N) is 1. The van der Waals surface area contributed by atoms with Crippen LogP contribution in [0.2, 0.25) is 0 Å². The third kappa shape index (κ3) is 3.19. The molecule has 1 saturated heterocycles. The monoisotopic (exact) mass is 319 g/mol. The molecule has 1 aromatic heterocycles. The molecule has 0 radical (unpaired) electrons. The summed E-state index contributed by atoms with van der Waals surface area (Å²) in [6, 6.07) is 19.0. The predicted octanol–water partition coefficient (Wildman–Crippen LogP) is 3.21. The first kappa shape index (κ1) is 15.0. The maximum atomic E-state index is 11.8. The summed E-state index contributed by atoms with van der Waals surface area (Å²) in [5.41, 5.74) is 2.41. The quantitative estimate of drug-likeness (QED) is 0.776. The topological polar surface area (TPSA) is 48.1 Å². The summed E-state index contributed by atoms with van der Waals surface area (Å²) in [7, 11) is 0. The second-order valence-corrected chi connectivity index (χ2v) is 6.46. The number of likely N-dealkylation sites (tertiary alicyclic amines) is 1. The van der Waals surface area contributed by atoms with Gasteiger partial charge in [-0.3, -0.25) is 9.69 Å². The molecule has 1 aliphatic rings. The molecule has 122 valence electrons. The minimum Gasteiger partial charge on any atom is -0.381 e. The van der Waals surface area contributed by atoms with Gasteiger partial charge < -0.3 is 10.3 Å². The van der Waals surface area contributed by atoms with Crippen molar-refractivity contribution in [3.63, 3.8) is 0 Å². The third-order valence-electron chi connectivity index (χ3n) is 4.67. The standard InChI is InChI=1S/C20H21N3O/c24-20-19-7-6-17(12-16(19)8-10-21-20)22-18-9-11-23(14-18)13-15-4-2-1-3-5-15/h1-8,10,12,18,22H,9,11,13-14H2,(H,21,24)/t18-/m1/s1. The van der Waals surface area contributed by atoms with Gasteiger partial charge in [-0.1, -0.05) is 30.3 Å². The molecule has 0 spiro atoms. The Labute approximate surface area is 141 Å². The Morgan fingerprint density at radius 2 is 2.00 bits per heavy atom. The van der Waals surface area contributed by atoms with Crippen molar-refractivity contribution in [3.8, 4) is 0 Å². The average Bonchev–Trinajstić information content (AvgIpc) is 3.03. The van der Waals surface area contributed by atoms with E-state index in [-0.39, 0.29) is 5.56 Å². The molecule has 0 unspecified atom stereocenters. The van der Waals surface area contributed by atoms with Crippen molar-refractivity contribution in [3.05, 3.63) is 76.7 Å². The number of H-pyrrole nitrogens is 1. The summed E-state index contributed by atoms with van der Waals surface area (Å²) < 4.78 is 0. The van der Waals surface area contributed by atoms with Gasteiger partial charge in [0.15, 0.2) is 0 Å². The molecule has 0 bridgehead atoms. The third-order valence-corrected chi connectivity index (χ3v) is 4.67. The Balaban J connectivity index is 1.42. The first-order valence-electron chi connectivity index (χ1n) is 8.42. The van der Waals surface area contributed by atoms with E-state index in [0.717, 1.165) is 42.5 Å². The molecule has 2 aromatic carbocycles. The molecule has 0 aliphatic carbocycles. The highest BCUT2D eigenvalue weighted by atomic mass is 16.1. The van der Waals surface area contributed by atoms with Crippen molar-refractivity contribution in [2.75, 3.05) is 18.4 Å². The molecule has 2 N–H and O–H groups in total. The number of fused-ring (bicyclic) bond motifs is 1. The molecule has 4 rings (SSSR count). The lowest BCUT2D eigenvalue weighted by molar-refractivity contribution is 0.328. The Morgan fingerprint density at radius 3 is 2.88 bits per heavy atom. The lowest BCUT2D eigenvalue weighted by atomic mass is 10.1. The molecule has 0 saturated carbocycles. The highest BCUT2D eigenvalue weighted by molar-refractivity contribution is 5.84. The van der Waals surface area contributed by atoms with Gasteiger partial charge in [0.25, 0.3) is 5.56 Å². The van der Waals surface area contributed by atoms with E-state index >= 15 is 0 Å². The minimum absolute atomic E-state index is 0.0334. The Kier molecular flexibility index (Phi) is 4.05. The summed E-state index contributed by atoms with van der Waals surface area (Å²) in [4.78, 5) is 17.0. The molecule has 2 heterocycles. The molecule has 0 amide bonds. The van der Waals surface area contributed by atoms with E-state index in [1.165, 1.54) is 5.56 Å². The fourth-order valence-corrected chi connectivity index (χ4v) is 3.45. The van der Waals surface area contributed by atoms with Crippen LogP contribution in [0.3, 0.4) is 0 Å². The molecule has 4 nitrogen and oxygen atoms in total. The first-order valence-corrected chi connectivity index (χ1v) is 8.42. The number of hydrogen-bond acceptors (Lipinski definition) is 3. The van der Waals surface area contributed by atoms with Crippen LogP contribution < -0.4 is 10.9 Å². The number of nitrogens with one attached hydrogen (secondary N) is 2. The predicted molar refractivity (Wildman–Crippen MR) is 98.3 cm³/mol. The van der Waals surface area contributed by atoms with Gasteiger partial charge in [-0.2, -0.15) is 0 Å². The molecule has 1 fully saturated rings. The number of hydrogen-bond donors (Lipinski definition) is 2. The zero-order valence-electron chi connectivity index (χ0n) is 13.5. The van der Waals surface area contributed by atoms with Crippen molar-refractivity contribution >= 4 is 16.5 Å². The zero-order chi connectivity index (χ0) is 16.4. The normalized spacial score (nSPS) is 18.1. The van der Waals surface area contributed by atoms with Crippen LogP contribution in [-0.2, 0) is 6.54 Å². The van der Waals surface area contributed by atoms with Crippen LogP contribution in [0, 0.1) is 0 Å². The number of anilines is 1. The van der Waals surface area contributed by atoms with Gasteiger partial charge >= 0.3 is 0 Å². The van der Waals surface area contributed by atoms with Crippen LogP contribution >= 0.6 is 0 Å². The minimum atomic E-state index is -0.0334. The van der Waals surface area contributed by atoms with Crippen LogP contribution in [0.25, 0.3) is 10.8 Å². The highest BCUT2D eigenvalue weighted by Gasteiger charge is 2.22. The van der Waals surface area contributed by atoms with Crippen LogP contribution in [0.5, 0.6) is 0 Å². The van der Waals surface area contributed by atoms with E-state index in [9.17, 15) is 4.79 Å². The summed E-state index contributed by atoms with van der Waals surface area (Å²) in [5, 5.41) is 5.33. The Morgan fingerprint density at radius 1 is 1.12 bits per heavy atom. The van der Waals surface area contributed by atoms with Crippen LogP contribution in [0.4, 0.5) is 5.69 Å². The zero-order valence-corrected chi connectivity index (χ0v) is 13.5. The van der Waals surface area contributed by atoms with E-state index in [1.807, 2.05) is 18.2 Å². The van der Waals surface area contributed by atoms with E-state index in [0.29, 0.717) is 6.04 Å². The van der Waals surface area contributed by atoms with E-state index in [2.05, 4.69) is 51.6 Å². The summed E-state index contributed by atoms with van der Waals surface area (Å²) in [6.07, 6.45) is 2.84. The largest absolute Gasteiger partial charge is 0.381 e. The highest BCUT2D eigenvalue weighted by Crippen LogP contribution is 2.20. The van der Waals surface area contributed by atoms with Crippen LogP contribution in [-0.4, -0.2) is 29.0 Å². The van der Waals surface area contributed by atoms with Crippen molar-refractivity contribution in [1.82, 2.24) is 9.88 Å². The second-order valence-electron chi connectivity index (χ2n) is 6.46. The molecule has 1 atom stereocenters. The van der Waals surface area contributed by atoms with Crippen molar-refractivity contribution < 1.29 is 0 Å². The number of benzene rings is 2. The number of aromatic nitrogens is 1. The van der Waals surface area contributed by atoms with Gasteiger partial charge in [-0.05, 0) is 41.6 Å². The molecular weight excluding hydrogens is 298 g/mol. The number of aromatic amines is 1. The Bertz CT molecular complexity index is 888.